The van der Waals surface area contributed by atoms with Crippen molar-refractivity contribution in [2.24, 2.45) is 5.92 Å². The van der Waals surface area contributed by atoms with Gasteiger partial charge in [-0.2, -0.15) is 0 Å². The molecule has 4 nitrogen and oxygen atoms in total. The van der Waals surface area contributed by atoms with Crippen LogP contribution in [-0.4, -0.2) is 47.8 Å². The van der Waals surface area contributed by atoms with E-state index in [2.05, 4.69) is 0 Å². The molecule has 0 bridgehead atoms. The van der Waals surface area contributed by atoms with Gasteiger partial charge >= 0.3 is 0 Å². The first-order valence-electron chi connectivity index (χ1n) is 8.86. The molecular formula is C19H27FN2O2. The fourth-order valence-corrected chi connectivity index (χ4v) is 3.17. The normalized spacial score (nSPS) is 15.0. The van der Waals surface area contributed by atoms with Crippen molar-refractivity contribution in [1.82, 2.24) is 9.80 Å². The zero-order chi connectivity index (χ0) is 17.5. The molecule has 0 aliphatic carbocycles. The van der Waals surface area contributed by atoms with Crippen LogP contribution >= 0.6 is 0 Å². The summed E-state index contributed by atoms with van der Waals surface area (Å²) in [7, 11) is 0. The minimum atomic E-state index is -0.270. The fraction of sp³-hybridized carbons (Fsp3) is 0.579. The molecule has 1 fully saturated rings. The number of carbonyl (C=O) groups excluding carboxylic acids is 2. The average molecular weight is 334 g/mol. The van der Waals surface area contributed by atoms with Gasteiger partial charge in [-0.25, -0.2) is 4.39 Å². The molecule has 1 aromatic carbocycles. The molecule has 1 aromatic rings. The van der Waals surface area contributed by atoms with E-state index in [9.17, 15) is 14.0 Å². The maximum Gasteiger partial charge on any atom is 0.225 e. The Balaban J connectivity index is 1.79. The smallest absolute Gasteiger partial charge is 0.225 e. The molecule has 5 heteroatoms. The number of piperazine rings is 1. The van der Waals surface area contributed by atoms with Gasteiger partial charge in [0.15, 0.2) is 0 Å². The molecule has 0 N–H and O–H groups in total. The van der Waals surface area contributed by atoms with E-state index in [4.69, 9.17) is 0 Å². The highest BCUT2D eigenvalue weighted by Gasteiger charge is 2.27. The Labute approximate surface area is 143 Å². The number of aryl methyl sites for hydroxylation is 1. The van der Waals surface area contributed by atoms with Crippen molar-refractivity contribution >= 4 is 11.8 Å². The number of hydrogen-bond donors (Lipinski definition) is 0. The van der Waals surface area contributed by atoms with Gasteiger partial charge in [-0.3, -0.25) is 9.59 Å². The average Bonchev–Trinajstić information content (AvgIpc) is 2.61. The highest BCUT2D eigenvalue weighted by Crippen LogP contribution is 2.15. The summed E-state index contributed by atoms with van der Waals surface area (Å²) in [6.07, 6.45) is 2.65. The fourth-order valence-electron chi connectivity index (χ4n) is 3.17. The SMILES string of the molecule is CCC(CC)C(=O)N1CCN(C(=O)CCc2cccc(F)c2)CC1. The molecule has 0 atom stereocenters. The van der Waals surface area contributed by atoms with Crippen LogP contribution in [0.25, 0.3) is 0 Å². The summed E-state index contributed by atoms with van der Waals surface area (Å²) in [4.78, 5) is 28.4. The van der Waals surface area contributed by atoms with E-state index in [-0.39, 0.29) is 23.5 Å². The van der Waals surface area contributed by atoms with E-state index < -0.39 is 0 Å². The third-order valence-corrected chi connectivity index (χ3v) is 4.80. The van der Waals surface area contributed by atoms with E-state index in [1.165, 1.54) is 12.1 Å². The van der Waals surface area contributed by atoms with Crippen LogP contribution < -0.4 is 0 Å². The first-order chi connectivity index (χ1) is 11.5. The molecule has 2 rings (SSSR count). The van der Waals surface area contributed by atoms with Crippen molar-refractivity contribution in [3.63, 3.8) is 0 Å². The highest BCUT2D eigenvalue weighted by atomic mass is 19.1. The Hall–Kier alpha value is -1.91. The van der Waals surface area contributed by atoms with Gasteiger partial charge in [-0.05, 0) is 37.0 Å². The predicted molar refractivity (Wildman–Crippen MR) is 92.0 cm³/mol. The third kappa shape index (κ3) is 4.79. The summed E-state index contributed by atoms with van der Waals surface area (Å²) < 4.78 is 13.2. The number of benzene rings is 1. The summed E-state index contributed by atoms with van der Waals surface area (Å²) in [6, 6.07) is 6.38. The third-order valence-electron chi connectivity index (χ3n) is 4.80. The number of rotatable bonds is 6. The Morgan fingerprint density at radius 1 is 1.08 bits per heavy atom. The minimum absolute atomic E-state index is 0.0777. The highest BCUT2D eigenvalue weighted by molar-refractivity contribution is 5.80. The molecule has 0 unspecified atom stereocenters. The monoisotopic (exact) mass is 334 g/mol. The predicted octanol–water partition coefficient (Wildman–Crippen LogP) is 2.87. The largest absolute Gasteiger partial charge is 0.339 e. The molecule has 0 saturated carbocycles. The summed E-state index contributed by atoms with van der Waals surface area (Å²) in [5, 5.41) is 0. The first kappa shape index (κ1) is 18.4. The lowest BCUT2D eigenvalue weighted by Gasteiger charge is -2.36. The molecule has 1 aliphatic heterocycles. The second-order valence-corrected chi connectivity index (χ2v) is 6.35. The number of nitrogens with zero attached hydrogens (tertiary/aromatic N) is 2. The molecule has 132 valence electrons. The van der Waals surface area contributed by atoms with Crippen molar-refractivity contribution < 1.29 is 14.0 Å². The molecule has 0 aromatic heterocycles. The molecule has 0 spiro atoms. The Kier molecular flexibility index (Phi) is 6.76. The molecule has 1 heterocycles. The first-order valence-corrected chi connectivity index (χ1v) is 8.86. The molecule has 1 saturated heterocycles. The topological polar surface area (TPSA) is 40.6 Å². The van der Waals surface area contributed by atoms with Crippen molar-refractivity contribution in [1.29, 1.82) is 0 Å². The van der Waals surface area contributed by atoms with E-state index in [1.807, 2.05) is 29.7 Å². The van der Waals surface area contributed by atoms with Gasteiger partial charge in [-0.1, -0.05) is 26.0 Å². The van der Waals surface area contributed by atoms with E-state index in [0.29, 0.717) is 39.0 Å². The van der Waals surface area contributed by atoms with Gasteiger partial charge in [-0.15, -0.1) is 0 Å². The van der Waals surface area contributed by atoms with Gasteiger partial charge in [0.1, 0.15) is 5.82 Å². The Morgan fingerprint density at radius 3 is 2.29 bits per heavy atom. The Morgan fingerprint density at radius 2 is 1.71 bits per heavy atom. The maximum absolute atomic E-state index is 13.2. The van der Waals surface area contributed by atoms with Crippen LogP contribution in [0.15, 0.2) is 24.3 Å². The van der Waals surface area contributed by atoms with Crippen LogP contribution in [0, 0.1) is 11.7 Å². The molecule has 1 aliphatic rings. The van der Waals surface area contributed by atoms with Crippen LogP contribution in [0.3, 0.4) is 0 Å². The summed E-state index contributed by atoms with van der Waals surface area (Å²) >= 11 is 0. The number of amides is 2. The van der Waals surface area contributed by atoms with E-state index in [0.717, 1.165) is 18.4 Å². The van der Waals surface area contributed by atoms with Crippen LogP contribution in [0.4, 0.5) is 4.39 Å². The molecular weight excluding hydrogens is 307 g/mol. The number of hydrogen-bond acceptors (Lipinski definition) is 2. The van der Waals surface area contributed by atoms with Crippen LogP contribution in [0.5, 0.6) is 0 Å². The Bertz CT molecular complexity index is 564. The van der Waals surface area contributed by atoms with Crippen molar-refractivity contribution in [3.8, 4) is 0 Å². The minimum Gasteiger partial charge on any atom is -0.339 e. The van der Waals surface area contributed by atoms with Crippen molar-refractivity contribution in [2.45, 2.75) is 39.5 Å². The summed E-state index contributed by atoms with van der Waals surface area (Å²) in [5.41, 5.74) is 0.839. The van der Waals surface area contributed by atoms with Gasteiger partial charge in [0.05, 0.1) is 0 Å². The molecule has 0 radical (unpaired) electrons. The van der Waals surface area contributed by atoms with Crippen molar-refractivity contribution in [3.05, 3.63) is 35.6 Å². The second-order valence-electron chi connectivity index (χ2n) is 6.35. The lowest BCUT2D eigenvalue weighted by Crippen LogP contribution is -2.51. The standard InChI is InChI=1S/C19H27FN2O2/c1-3-16(4-2)19(24)22-12-10-21(11-13-22)18(23)9-8-15-6-5-7-17(20)14-15/h5-7,14,16H,3-4,8-13H2,1-2H3. The van der Waals surface area contributed by atoms with Crippen molar-refractivity contribution in [2.75, 3.05) is 26.2 Å². The van der Waals surface area contributed by atoms with Crippen LogP contribution in [0.1, 0.15) is 38.7 Å². The summed E-state index contributed by atoms with van der Waals surface area (Å²) in [6.45, 7) is 6.49. The second kappa shape index (κ2) is 8.81. The van der Waals surface area contributed by atoms with Gasteiger partial charge in [0, 0.05) is 38.5 Å². The van der Waals surface area contributed by atoms with E-state index >= 15 is 0 Å². The maximum atomic E-state index is 13.2. The number of halogens is 1. The van der Waals surface area contributed by atoms with E-state index in [1.54, 1.807) is 6.07 Å². The van der Waals surface area contributed by atoms with Crippen LogP contribution in [-0.2, 0) is 16.0 Å². The zero-order valence-electron chi connectivity index (χ0n) is 14.6. The lowest BCUT2D eigenvalue weighted by atomic mass is 10.0. The lowest BCUT2D eigenvalue weighted by molar-refractivity contribution is -0.142. The zero-order valence-corrected chi connectivity index (χ0v) is 14.6. The van der Waals surface area contributed by atoms with Gasteiger partial charge in [0.25, 0.3) is 0 Å². The molecule has 24 heavy (non-hydrogen) atoms. The quantitative estimate of drug-likeness (QED) is 0.803. The molecule has 2 amide bonds. The van der Waals surface area contributed by atoms with Crippen LogP contribution in [0.2, 0.25) is 0 Å². The van der Waals surface area contributed by atoms with Gasteiger partial charge in [0.2, 0.25) is 11.8 Å². The van der Waals surface area contributed by atoms with Gasteiger partial charge < -0.3 is 9.80 Å². The number of carbonyl (C=O) groups is 2. The summed E-state index contributed by atoms with van der Waals surface area (Å²) in [5.74, 6) is 0.120.